The van der Waals surface area contributed by atoms with Gasteiger partial charge in [0, 0.05) is 0 Å². The maximum atomic E-state index is 14.2. The van der Waals surface area contributed by atoms with E-state index in [9.17, 15) is 4.39 Å². The molecule has 1 fully saturated rings. The van der Waals surface area contributed by atoms with E-state index in [2.05, 4.69) is 13.0 Å². The lowest BCUT2D eigenvalue weighted by molar-refractivity contribution is 0.189. The third kappa shape index (κ3) is 4.22. The number of allylic oxidation sites excluding steroid dienone is 2. The molecular formula is C22H30ClFO. The first-order chi connectivity index (χ1) is 12.1. The van der Waals surface area contributed by atoms with Crippen LogP contribution >= 0.6 is 11.6 Å². The summed E-state index contributed by atoms with van der Waals surface area (Å²) in [6.07, 6.45) is 14.0. The highest BCUT2D eigenvalue weighted by Gasteiger charge is 2.29. The van der Waals surface area contributed by atoms with Gasteiger partial charge in [-0.05, 0) is 73.1 Å². The molecule has 0 radical (unpaired) electrons. The molecule has 2 aliphatic rings. The Morgan fingerprint density at radius 2 is 1.88 bits per heavy atom. The van der Waals surface area contributed by atoms with Gasteiger partial charge in [-0.1, -0.05) is 50.3 Å². The van der Waals surface area contributed by atoms with Gasteiger partial charge < -0.3 is 4.74 Å². The van der Waals surface area contributed by atoms with Gasteiger partial charge in [-0.2, -0.15) is 0 Å². The minimum absolute atomic E-state index is 0.198. The molecule has 0 amide bonds. The molecule has 1 atom stereocenters. The van der Waals surface area contributed by atoms with Gasteiger partial charge in [-0.15, -0.1) is 0 Å². The van der Waals surface area contributed by atoms with Crippen LogP contribution in [-0.4, -0.2) is 7.11 Å². The van der Waals surface area contributed by atoms with Gasteiger partial charge in [0.05, 0.1) is 12.1 Å². The zero-order chi connectivity index (χ0) is 17.8. The van der Waals surface area contributed by atoms with E-state index in [0.717, 1.165) is 36.2 Å². The van der Waals surface area contributed by atoms with Crippen LogP contribution in [0, 0.1) is 23.6 Å². The normalized spacial score (nSPS) is 27.0. The van der Waals surface area contributed by atoms with Crippen molar-refractivity contribution in [3.63, 3.8) is 0 Å². The molecule has 3 heteroatoms. The van der Waals surface area contributed by atoms with Gasteiger partial charge in [-0.25, -0.2) is 4.39 Å². The van der Waals surface area contributed by atoms with E-state index in [1.165, 1.54) is 57.6 Å². The van der Waals surface area contributed by atoms with Crippen LogP contribution in [0.1, 0.15) is 70.3 Å². The topological polar surface area (TPSA) is 9.23 Å². The Labute approximate surface area is 156 Å². The number of hydrogen-bond donors (Lipinski definition) is 0. The number of halogens is 2. The van der Waals surface area contributed by atoms with E-state index < -0.39 is 5.82 Å². The quantitative estimate of drug-likeness (QED) is 0.533. The van der Waals surface area contributed by atoms with Gasteiger partial charge in [-0.3, -0.25) is 0 Å². The highest BCUT2D eigenvalue weighted by molar-refractivity contribution is 6.32. The molecule has 0 aliphatic heterocycles. The highest BCUT2D eigenvalue weighted by Crippen LogP contribution is 2.43. The summed E-state index contributed by atoms with van der Waals surface area (Å²) >= 11 is 6.25. The van der Waals surface area contributed by atoms with E-state index in [4.69, 9.17) is 16.3 Å². The van der Waals surface area contributed by atoms with Crippen molar-refractivity contribution in [3.05, 3.63) is 34.6 Å². The second-order valence-corrected chi connectivity index (χ2v) is 8.15. The summed E-state index contributed by atoms with van der Waals surface area (Å²) in [7, 11) is 1.47. The monoisotopic (exact) mass is 364 g/mol. The molecule has 0 spiro atoms. The summed E-state index contributed by atoms with van der Waals surface area (Å²) in [5, 5.41) is 0.198. The third-order valence-corrected chi connectivity index (χ3v) is 6.69. The number of rotatable bonds is 5. The second kappa shape index (κ2) is 8.58. The lowest BCUT2D eigenvalue weighted by atomic mass is 9.70. The number of methoxy groups -OCH3 is 1. The van der Waals surface area contributed by atoms with Crippen molar-refractivity contribution in [2.24, 2.45) is 17.8 Å². The van der Waals surface area contributed by atoms with Gasteiger partial charge in [0.2, 0.25) is 0 Å². The third-order valence-electron chi connectivity index (χ3n) is 6.32. The lowest BCUT2D eigenvalue weighted by Gasteiger charge is -2.35. The average Bonchev–Trinajstić information content (AvgIpc) is 2.65. The minimum Gasteiger partial charge on any atom is -0.494 e. The van der Waals surface area contributed by atoms with E-state index in [0.29, 0.717) is 0 Å². The van der Waals surface area contributed by atoms with Crippen molar-refractivity contribution in [3.8, 4) is 5.75 Å². The molecule has 1 unspecified atom stereocenters. The summed E-state index contributed by atoms with van der Waals surface area (Å²) in [5.74, 6) is 2.42. The predicted molar refractivity (Wildman–Crippen MR) is 104 cm³/mol. The van der Waals surface area contributed by atoms with E-state index in [-0.39, 0.29) is 10.8 Å². The van der Waals surface area contributed by atoms with Gasteiger partial charge in [0.1, 0.15) is 0 Å². The lowest BCUT2D eigenvalue weighted by Crippen LogP contribution is -2.23. The number of hydrogen-bond acceptors (Lipinski definition) is 1. The van der Waals surface area contributed by atoms with Crippen molar-refractivity contribution in [1.29, 1.82) is 0 Å². The van der Waals surface area contributed by atoms with Crippen molar-refractivity contribution < 1.29 is 9.13 Å². The Hall–Kier alpha value is -1.02. The van der Waals surface area contributed by atoms with Crippen molar-refractivity contribution >= 4 is 17.2 Å². The maximum Gasteiger partial charge on any atom is 0.184 e. The van der Waals surface area contributed by atoms with Crippen LogP contribution in [-0.2, 0) is 0 Å². The van der Waals surface area contributed by atoms with Crippen LogP contribution in [0.2, 0.25) is 5.02 Å². The van der Waals surface area contributed by atoms with Crippen LogP contribution in [0.15, 0.2) is 18.2 Å². The fraction of sp³-hybridized carbons (Fsp3) is 0.636. The summed E-state index contributed by atoms with van der Waals surface area (Å²) in [6.45, 7) is 2.30. The molecule has 1 saturated carbocycles. The predicted octanol–water partition coefficient (Wildman–Crippen LogP) is 7.28. The molecule has 138 valence electrons. The molecular weight excluding hydrogens is 335 g/mol. The Morgan fingerprint density at radius 1 is 1.12 bits per heavy atom. The molecule has 3 rings (SSSR count). The average molecular weight is 365 g/mol. The Bertz CT molecular complexity index is 617. The van der Waals surface area contributed by atoms with Crippen LogP contribution in [0.5, 0.6) is 5.75 Å². The Morgan fingerprint density at radius 3 is 2.48 bits per heavy atom. The molecule has 0 N–H and O–H groups in total. The second-order valence-electron chi connectivity index (χ2n) is 7.78. The molecule has 0 bridgehead atoms. The first-order valence-electron chi connectivity index (χ1n) is 9.85. The fourth-order valence-electron chi connectivity index (χ4n) is 4.82. The minimum atomic E-state index is -0.445. The summed E-state index contributed by atoms with van der Waals surface area (Å²) in [5.41, 5.74) is 2.03. The van der Waals surface area contributed by atoms with Crippen molar-refractivity contribution in [2.45, 2.75) is 64.7 Å². The Balaban J connectivity index is 1.63. The molecule has 0 heterocycles. The Kier molecular flexibility index (Phi) is 6.44. The van der Waals surface area contributed by atoms with E-state index >= 15 is 0 Å². The molecule has 0 aromatic heterocycles. The largest absolute Gasteiger partial charge is 0.494 e. The molecule has 1 aromatic rings. The molecule has 2 aliphatic carbocycles. The summed E-state index contributed by atoms with van der Waals surface area (Å²) in [4.78, 5) is 0. The zero-order valence-corrected chi connectivity index (χ0v) is 16.2. The van der Waals surface area contributed by atoms with Gasteiger partial charge in [0.25, 0.3) is 0 Å². The van der Waals surface area contributed by atoms with Crippen LogP contribution in [0.3, 0.4) is 0 Å². The van der Waals surface area contributed by atoms with Crippen LogP contribution in [0.4, 0.5) is 4.39 Å². The van der Waals surface area contributed by atoms with Gasteiger partial charge >= 0.3 is 0 Å². The first kappa shape index (κ1) is 18.8. The number of ether oxygens (including phenoxy) is 1. The molecule has 1 aromatic carbocycles. The van der Waals surface area contributed by atoms with Crippen molar-refractivity contribution in [1.82, 2.24) is 0 Å². The molecule has 1 nitrogen and oxygen atoms in total. The first-order valence-corrected chi connectivity index (χ1v) is 10.2. The van der Waals surface area contributed by atoms with Crippen LogP contribution in [0.25, 0.3) is 5.57 Å². The SMILES string of the molecule is CCCC1CCC(C2CC=C(c3ccc(OC)c(F)c3Cl)CC2)CC1. The maximum absolute atomic E-state index is 14.2. The van der Waals surface area contributed by atoms with Crippen molar-refractivity contribution in [2.75, 3.05) is 7.11 Å². The smallest absolute Gasteiger partial charge is 0.184 e. The number of benzene rings is 1. The summed E-state index contributed by atoms with van der Waals surface area (Å²) < 4.78 is 19.2. The standard InChI is InChI=1S/C22H30ClFO/c1-3-4-15-5-7-16(8-6-15)17-9-11-18(12-10-17)19-13-14-20(25-2)22(24)21(19)23/h11,13-17H,3-10,12H2,1-2H3. The molecule has 25 heavy (non-hydrogen) atoms. The summed E-state index contributed by atoms with van der Waals surface area (Å²) in [6, 6.07) is 3.57. The van der Waals surface area contributed by atoms with Gasteiger partial charge in [0.15, 0.2) is 11.6 Å². The highest BCUT2D eigenvalue weighted by atomic mass is 35.5. The van der Waals surface area contributed by atoms with Crippen LogP contribution < -0.4 is 4.74 Å². The van der Waals surface area contributed by atoms with E-state index in [1.807, 2.05) is 6.07 Å². The van der Waals surface area contributed by atoms with E-state index in [1.54, 1.807) is 6.07 Å². The fourth-order valence-corrected chi connectivity index (χ4v) is 5.10. The molecule has 0 saturated heterocycles. The zero-order valence-electron chi connectivity index (χ0n) is 15.5.